The van der Waals surface area contributed by atoms with Crippen LogP contribution in [0.3, 0.4) is 0 Å². The highest BCUT2D eigenvalue weighted by atomic mass is 16.6. The number of nitrogen functional groups attached to an aromatic ring is 1. The Morgan fingerprint density at radius 3 is 3.00 bits per heavy atom. The van der Waals surface area contributed by atoms with Crippen LogP contribution in [0.5, 0.6) is 11.5 Å². The van der Waals surface area contributed by atoms with Gasteiger partial charge in [-0.25, -0.2) is 0 Å². The van der Waals surface area contributed by atoms with Crippen LogP contribution in [-0.2, 0) is 4.74 Å². The van der Waals surface area contributed by atoms with Crippen LogP contribution in [0.1, 0.15) is 16.8 Å². The van der Waals surface area contributed by atoms with Crippen molar-refractivity contribution >= 4 is 11.6 Å². The second-order valence-corrected chi connectivity index (χ2v) is 6.71. The van der Waals surface area contributed by atoms with Gasteiger partial charge < -0.3 is 30.4 Å². The average molecular weight is 365 g/mol. The Balaban J connectivity index is 1.57. The summed E-state index contributed by atoms with van der Waals surface area (Å²) < 4.78 is 16.2. The van der Waals surface area contributed by atoms with Crippen LogP contribution in [-0.4, -0.2) is 75.1 Å². The summed E-state index contributed by atoms with van der Waals surface area (Å²) in [7, 11) is 1.67. The maximum atomic E-state index is 12.6. The highest BCUT2D eigenvalue weighted by Gasteiger charge is 2.28. The lowest BCUT2D eigenvalue weighted by molar-refractivity contribution is 0.0132. The van der Waals surface area contributed by atoms with E-state index in [2.05, 4.69) is 10.2 Å². The summed E-state index contributed by atoms with van der Waals surface area (Å²) in [5.74, 6) is 0.672. The molecular weight excluding hydrogens is 338 g/mol. The first-order chi connectivity index (χ1) is 12.6. The number of carbonyl (C=O) groups is 1. The fraction of sp³-hybridized carbons (Fsp3) is 0.611. The number of fused-ring (bicyclic) bond motifs is 1. The number of methoxy groups -OCH3 is 1. The Hall–Kier alpha value is -2.03. The molecule has 1 fully saturated rings. The molecule has 1 aromatic rings. The molecule has 0 bridgehead atoms. The van der Waals surface area contributed by atoms with Crippen molar-refractivity contribution in [2.45, 2.75) is 12.5 Å². The van der Waals surface area contributed by atoms with Crippen LogP contribution in [0.2, 0.25) is 0 Å². The fourth-order valence-electron chi connectivity index (χ4n) is 3.37. The summed E-state index contributed by atoms with van der Waals surface area (Å²) in [5, 5.41) is 13.3. The molecular formula is C18H27N3O5. The quantitative estimate of drug-likeness (QED) is 0.614. The lowest BCUT2D eigenvalue weighted by Crippen LogP contribution is -2.48. The molecule has 3 rings (SSSR count). The first kappa shape index (κ1) is 18.8. The van der Waals surface area contributed by atoms with E-state index in [9.17, 15) is 9.90 Å². The minimum Gasteiger partial charge on any atom is -0.486 e. The van der Waals surface area contributed by atoms with E-state index in [1.807, 2.05) is 0 Å². The van der Waals surface area contributed by atoms with E-state index in [-0.39, 0.29) is 11.8 Å². The van der Waals surface area contributed by atoms with Gasteiger partial charge >= 0.3 is 0 Å². The molecule has 0 saturated carbocycles. The number of nitrogens with zero attached hydrogens (tertiary/aromatic N) is 1. The molecule has 0 spiro atoms. The van der Waals surface area contributed by atoms with E-state index < -0.39 is 6.10 Å². The summed E-state index contributed by atoms with van der Waals surface area (Å²) in [6.07, 6.45) is 0.343. The van der Waals surface area contributed by atoms with Crippen molar-refractivity contribution in [3.8, 4) is 11.5 Å². The summed E-state index contributed by atoms with van der Waals surface area (Å²) in [5.41, 5.74) is 6.68. The standard InChI is InChI=1S/C18H27N3O5/c1-24-5-4-21-3-2-12(15(22)11-21)10-20-18(23)14-8-13(19)9-16-17(14)26-7-6-25-16/h8-9,12,15,22H,2-7,10-11,19H2,1H3,(H,20,23)/t12-,15+/m0/s1. The van der Waals surface area contributed by atoms with Crippen LogP contribution in [0, 0.1) is 5.92 Å². The molecule has 0 unspecified atom stereocenters. The van der Waals surface area contributed by atoms with E-state index in [0.29, 0.717) is 55.7 Å². The first-order valence-electron chi connectivity index (χ1n) is 8.95. The third-order valence-corrected chi connectivity index (χ3v) is 4.85. The number of carbonyl (C=O) groups excluding carboxylic acids is 1. The number of ether oxygens (including phenoxy) is 3. The number of anilines is 1. The molecule has 0 aromatic heterocycles. The molecule has 8 heteroatoms. The van der Waals surface area contributed by atoms with E-state index in [1.165, 1.54) is 0 Å². The Labute approximate surface area is 153 Å². The van der Waals surface area contributed by atoms with Gasteiger partial charge in [-0.2, -0.15) is 0 Å². The lowest BCUT2D eigenvalue weighted by Gasteiger charge is -2.35. The predicted octanol–water partition coefficient (Wildman–Crippen LogP) is 0.0990. The zero-order valence-electron chi connectivity index (χ0n) is 15.1. The molecule has 2 aliphatic rings. The molecule has 0 aliphatic carbocycles. The Kier molecular flexibility index (Phi) is 6.18. The first-order valence-corrected chi connectivity index (χ1v) is 8.95. The minimum absolute atomic E-state index is 0.0202. The van der Waals surface area contributed by atoms with Crippen LogP contribution >= 0.6 is 0 Å². The third-order valence-electron chi connectivity index (χ3n) is 4.85. The number of nitrogens with one attached hydrogen (secondary N) is 1. The molecule has 2 aliphatic heterocycles. The van der Waals surface area contributed by atoms with E-state index in [0.717, 1.165) is 19.5 Å². The van der Waals surface area contributed by atoms with Crippen molar-refractivity contribution in [1.29, 1.82) is 0 Å². The summed E-state index contributed by atoms with van der Waals surface area (Å²) in [6.45, 7) is 4.17. The van der Waals surface area contributed by atoms with Crippen LogP contribution in [0.25, 0.3) is 0 Å². The molecule has 26 heavy (non-hydrogen) atoms. The van der Waals surface area contributed by atoms with Gasteiger partial charge in [0.2, 0.25) is 0 Å². The monoisotopic (exact) mass is 365 g/mol. The van der Waals surface area contributed by atoms with Crippen molar-refractivity contribution in [3.05, 3.63) is 17.7 Å². The Morgan fingerprint density at radius 1 is 1.42 bits per heavy atom. The highest BCUT2D eigenvalue weighted by molar-refractivity contribution is 5.99. The largest absolute Gasteiger partial charge is 0.486 e. The number of hydrogen-bond acceptors (Lipinski definition) is 7. The number of β-amino-alcohol motifs (C(OH)–C–C–N with tert-alkyl or cyclic N) is 1. The molecule has 4 N–H and O–H groups in total. The van der Waals surface area contributed by atoms with E-state index in [1.54, 1.807) is 19.2 Å². The van der Waals surface area contributed by atoms with E-state index >= 15 is 0 Å². The van der Waals surface area contributed by atoms with Crippen molar-refractivity contribution in [3.63, 3.8) is 0 Å². The van der Waals surface area contributed by atoms with Gasteiger partial charge in [0.05, 0.1) is 18.3 Å². The van der Waals surface area contributed by atoms with Crippen molar-refractivity contribution < 1.29 is 24.1 Å². The number of aliphatic hydroxyl groups excluding tert-OH is 1. The Bertz CT molecular complexity index is 639. The number of nitrogens with two attached hydrogens (primary N) is 1. The predicted molar refractivity (Wildman–Crippen MR) is 96.6 cm³/mol. The number of aliphatic hydroxyl groups is 1. The van der Waals surface area contributed by atoms with Gasteiger partial charge in [-0.1, -0.05) is 0 Å². The third kappa shape index (κ3) is 4.38. The van der Waals surface area contributed by atoms with Gasteiger partial charge in [0.15, 0.2) is 11.5 Å². The topological polar surface area (TPSA) is 106 Å². The molecule has 2 heterocycles. The van der Waals surface area contributed by atoms with Gasteiger partial charge in [-0.15, -0.1) is 0 Å². The van der Waals surface area contributed by atoms with Gasteiger partial charge in [0.1, 0.15) is 13.2 Å². The maximum absolute atomic E-state index is 12.6. The number of hydrogen-bond donors (Lipinski definition) is 3. The SMILES string of the molecule is COCCN1CC[C@@H](CNC(=O)c2cc(N)cc3c2OCCO3)[C@H](O)C1. The zero-order valence-corrected chi connectivity index (χ0v) is 15.1. The summed E-state index contributed by atoms with van der Waals surface area (Å²) in [6, 6.07) is 3.25. The molecule has 2 atom stereocenters. The van der Waals surface area contributed by atoms with Crippen LogP contribution < -0.4 is 20.5 Å². The zero-order chi connectivity index (χ0) is 18.5. The normalized spacial score (nSPS) is 22.8. The fourth-order valence-corrected chi connectivity index (χ4v) is 3.37. The van der Waals surface area contributed by atoms with Crippen molar-refractivity contribution in [2.75, 3.05) is 58.8 Å². The second kappa shape index (κ2) is 8.57. The van der Waals surface area contributed by atoms with Crippen LogP contribution in [0.4, 0.5) is 5.69 Å². The van der Waals surface area contributed by atoms with Gasteiger partial charge in [0.25, 0.3) is 5.91 Å². The Morgan fingerprint density at radius 2 is 2.23 bits per heavy atom. The number of benzene rings is 1. The maximum Gasteiger partial charge on any atom is 0.255 e. The average Bonchev–Trinajstić information content (AvgIpc) is 2.64. The van der Waals surface area contributed by atoms with E-state index in [4.69, 9.17) is 19.9 Å². The summed E-state index contributed by atoms with van der Waals surface area (Å²) >= 11 is 0. The molecule has 0 radical (unpaired) electrons. The van der Waals surface area contributed by atoms with Crippen LogP contribution in [0.15, 0.2) is 12.1 Å². The molecule has 1 amide bonds. The molecule has 144 valence electrons. The lowest BCUT2D eigenvalue weighted by atomic mass is 9.93. The number of likely N-dealkylation sites (tertiary alicyclic amines) is 1. The van der Waals surface area contributed by atoms with Crippen molar-refractivity contribution in [2.24, 2.45) is 5.92 Å². The minimum atomic E-state index is -0.477. The summed E-state index contributed by atoms with van der Waals surface area (Å²) in [4.78, 5) is 14.8. The number of piperidine rings is 1. The van der Waals surface area contributed by atoms with Gasteiger partial charge in [-0.05, 0) is 19.0 Å². The van der Waals surface area contributed by atoms with Crippen molar-refractivity contribution in [1.82, 2.24) is 10.2 Å². The molecule has 8 nitrogen and oxygen atoms in total. The highest BCUT2D eigenvalue weighted by Crippen LogP contribution is 2.36. The molecule has 1 aromatic carbocycles. The molecule has 1 saturated heterocycles. The smallest absolute Gasteiger partial charge is 0.255 e. The second-order valence-electron chi connectivity index (χ2n) is 6.71. The van der Waals surface area contributed by atoms with Gasteiger partial charge in [0, 0.05) is 44.4 Å². The number of amides is 1. The number of rotatable bonds is 6. The van der Waals surface area contributed by atoms with Gasteiger partial charge in [-0.3, -0.25) is 9.69 Å².